The second-order valence-electron chi connectivity index (χ2n) is 8.13. The molecule has 2 heterocycles. The largest absolute Gasteiger partial charge is 0.480 e. The molecular formula is C27H28N2O2. The quantitative estimate of drug-likeness (QED) is 0.567. The third-order valence-electron chi connectivity index (χ3n) is 6.03. The van der Waals surface area contributed by atoms with Crippen molar-refractivity contribution in [2.45, 2.75) is 38.8 Å². The molecule has 0 amide bonds. The van der Waals surface area contributed by atoms with Gasteiger partial charge in [0.25, 0.3) is 0 Å². The summed E-state index contributed by atoms with van der Waals surface area (Å²) in [7, 11) is 0. The number of likely N-dealkylation sites (tertiary alicyclic amines) is 1. The molecule has 0 spiro atoms. The number of hydrogen-bond acceptors (Lipinski definition) is 3. The molecule has 1 N–H and O–H groups in total. The highest BCUT2D eigenvalue weighted by Gasteiger charge is 2.28. The second kappa shape index (κ2) is 9.71. The zero-order valence-corrected chi connectivity index (χ0v) is 17.9. The van der Waals surface area contributed by atoms with Crippen molar-refractivity contribution in [3.63, 3.8) is 0 Å². The van der Waals surface area contributed by atoms with Gasteiger partial charge in [-0.25, -0.2) is 0 Å². The van der Waals surface area contributed by atoms with Gasteiger partial charge in [0.05, 0.1) is 5.69 Å². The zero-order valence-electron chi connectivity index (χ0n) is 17.9. The van der Waals surface area contributed by atoms with Crippen molar-refractivity contribution < 1.29 is 9.90 Å². The first-order chi connectivity index (χ1) is 15.1. The fraction of sp³-hybridized carbons (Fsp3) is 0.259. The van der Waals surface area contributed by atoms with Crippen molar-refractivity contribution in [1.82, 2.24) is 9.88 Å². The van der Waals surface area contributed by atoms with Crippen LogP contribution in [0.5, 0.6) is 0 Å². The Morgan fingerprint density at radius 2 is 1.90 bits per heavy atom. The number of carbonyl (C=O) groups is 1. The summed E-state index contributed by atoms with van der Waals surface area (Å²) in [5.41, 5.74) is 6.81. The summed E-state index contributed by atoms with van der Waals surface area (Å²) >= 11 is 0. The van der Waals surface area contributed by atoms with Gasteiger partial charge >= 0.3 is 5.97 Å². The van der Waals surface area contributed by atoms with Gasteiger partial charge in [-0.15, -0.1) is 0 Å². The maximum Gasteiger partial charge on any atom is 0.320 e. The fourth-order valence-electron chi connectivity index (χ4n) is 4.26. The minimum atomic E-state index is -0.722. The van der Waals surface area contributed by atoms with Crippen LogP contribution in [0.4, 0.5) is 0 Å². The van der Waals surface area contributed by atoms with E-state index in [0.29, 0.717) is 6.54 Å². The minimum absolute atomic E-state index is 0.381. The van der Waals surface area contributed by atoms with Crippen molar-refractivity contribution in [3.8, 4) is 11.1 Å². The van der Waals surface area contributed by atoms with Crippen LogP contribution in [-0.2, 0) is 11.3 Å². The molecule has 158 valence electrons. The normalized spacial score (nSPS) is 17.1. The van der Waals surface area contributed by atoms with Crippen LogP contribution in [-0.4, -0.2) is 33.5 Å². The van der Waals surface area contributed by atoms with E-state index in [1.165, 1.54) is 22.3 Å². The Labute approximate surface area is 183 Å². The van der Waals surface area contributed by atoms with Crippen LogP contribution in [0, 0.1) is 6.92 Å². The third-order valence-corrected chi connectivity index (χ3v) is 6.03. The fourth-order valence-corrected chi connectivity index (χ4v) is 4.26. The van der Waals surface area contributed by atoms with Crippen molar-refractivity contribution in [2.75, 3.05) is 6.54 Å². The molecule has 4 heteroatoms. The average Bonchev–Trinajstić information content (AvgIpc) is 2.80. The van der Waals surface area contributed by atoms with Crippen molar-refractivity contribution in [1.29, 1.82) is 0 Å². The molecule has 1 aliphatic heterocycles. The molecule has 1 aliphatic rings. The molecule has 1 fully saturated rings. The lowest BCUT2D eigenvalue weighted by molar-refractivity contribution is -0.144. The number of rotatable bonds is 6. The lowest BCUT2D eigenvalue weighted by atomic mass is 9.96. The molecule has 1 aromatic heterocycles. The predicted octanol–water partition coefficient (Wildman–Crippen LogP) is 5.67. The number of benzene rings is 2. The smallest absolute Gasteiger partial charge is 0.320 e. The number of pyridine rings is 1. The van der Waals surface area contributed by atoms with E-state index < -0.39 is 5.97 Å². The first-order valence-corrected chi connectivity index (χ1v) is 10.9. The summed E-state index contributed by atoms with van der Waals surface area (Å²) in [6.07, 6.45) is 8.77. The highest BCUT2D eigenvalue weighted by Crippen LogP contribution is 2.26. The van der Waals surface area contributed by atoms with E-state index in [4.69, 9.17) is 0 Å². The van der Waals surface area contributed by atoms with Gasteiger partial charge < -0.3 is 5.11 Å². The summed E-state index contributed by atoms with van der Waals surface area (Å²) in [5.74, 6) is -0.722. The van der Waals surface area contributed by atoms with Gasteiger partial charge in [0, 0.05) is 12.7 Å². The first kappa shape index (κ1) is 21.0. The number of aromatic nitrogens is 1. The Morgan fingerprint density at radius 3 is 2.65 bits per heavy atom. The van der Waals surface area contributed by atoms with Gasteiger partial charge in [0.15, 0.2) is 0 Å². The van der Waals surface area contributed by atoms with Gasteiger partial charge in [-0.2, -0.15) is 0 Å². The molecule has 0 unspecified atom stereocenters. The minimum Gasteiger partial charge on any atom is -0.480 e. The maximum absolute atomic E-state index is 11.5. The molecule has 0 radical (unpaired) electrons. The van der Waals surface area contributed by atoms with Gasteiger partial charge in [0.2, 0.25) is 0 Å². The molecule has 31 heavy (non-hydrogen) atoms. The molecular weight excluding hydrogens is 384 g/mol. The Balaban J connectivity index is 1.46. The average molecular weight is 413 g/mol. The molecule has 2 aromatic carbocycles. The number of hydrogen-bond donors (Lipinski definition) is 1. The van der Waals surface area contributed by atoms with E-state index in [1.54, 1.807) is 0 Å². The van der Waals surface area contributed by atoms with Gasteiger partial charge in [-0.05, 0) is 66.3 Å². The monoisotopic (exact) mass is 412 g/mol. The first-order valence-electron chi connectivity index (χ1n) is 10.9. The van der Waals surface area contributed by atoms with Crippen molar-refractivity contribution in [3.05, 3.63) is 89.2 Å². The summed E-state index contributed by atoms with van der Waals surface area (Å²) in [5, 5.41) is 9.46. The molecule has 0 saturated carbocycles. The Morgan fingerprint density at radius 1 is 1.06 bits per heavy atom. The van der Waals surface area contributed by atoms with E-state index in [9.17, 15) is 9.90 Å². The van der Waals surface area contributed by atoms with E-state index in [1.807, 2.05) is 30.5 Å². The second-order valence-corrected chi connectivity index (χ2v) is 8.13. The summed E-state index contributed by atoms with van der Waals surface area (Å²) in [6.45, 7) is 3.61. The van der Waals surface area contributed by atoms with E-state index in [2.05, 4.69) is 65.3 Å². The SMILES string of the molecule is Cc1c(/C=C/c2ccc(CN3CCCC[C@@H]3C(=O)O)cn2)cccc1-c1ccccc1. The lowest BCUT2D eigenvalue weighted by Crippen LogP contribution is -2.44. The number of aliphatic carboxylic acids is 1. The van der Waals surface area contributed by atoms with E-state index in [-0.39, 0.29) is 6.04 Å². The van der Waals surface area contributed by atoms with Crippen molar-refractivity contribution >= 4 is 18.1 Å². The van der Waals surface area contributed by atoms with Crippen LogP contribution in [0.3, 0.4) is 0 Å². The van der Waals surface area contributed by atoms with Crippen molar-refractivity contribution in [2.24, 2.45) is 0 Å². The predicted molar refractivity (Wildman–Crippen MR) is 125 cm³/mol. The van der Waals surface area contributed by atoms with E-state index in [0.717, 1.165) is 37.1 Å². The topological polar surface area (TPSA) is 53.4 Å². The third kappa shape index (κ3) is 5.09. The number of carboxylic acid groups (broad SMARTS) is 1. The van der Waals surface area contributed by atoms with Crippen LogP contribution in [0.15, 0.2) is 66.9 Å². The highest BCUT2D eigenvalue weighted by atomic mass is 16.4. The van der Waals surface area contributed by atoms with Crippen LogP contribution >= 0.6 is 0 Å². The number of nitrogens with zero attached hydrogens (tertiary/aromatic N) is 2. The van der Waals surface area contributed by atoms with Gasteiger partial charge in [-0.1, -0.05) is 67.1 Å². The lowest BCUT2D eigenvalue weighted by Gasteiger charge is -2.32. The molecule has 4 nitrogen and oxygen atoms in total. The summed E-state index contributed by atoms with van der Waals surface area (Å²) in [6, 6.07) is 20.4. The maximum atomic E-state index is 11.5. The Bertz CT molecular complexity index is 1060. The van der Waals surface area contributed by atoms with Gasteiger partial charge in [-0.3, -0.25) is 14.7 Å². The molecule has 1 atom stereocenters. The van der Waals surface area contributed by atoms with E-state index >= 15 is 0 Å². The highest BCUT2D eigenvalue weighted by molar-refractivity contribution is 5.76. The molecule has 0 bridgehead atoms. The Kier molecular flexibility index (Phi) is 6.58. The molecule has 3 aromatic rings. The standard InChI is InChI=1S/C27H28N2O2/c1-20-22(10-7-11-25(20)23-8-3-2-4-9-23)14-16-24-15-13-21(18-28-24)19-29-17-6-5-12-26(29)27(30)31/h2-4,7-11,13-16,18,26H,5-6,12,17,19H2,1H3,(H,30,31)/b16-14+/t26-/m1/s1. The van der Waals surface area contributed by atoms with Gasteiger partial charge in [0.1, 0.15) is 6.04 Å². The number of carboxylic acids is 1. The summed E-state index contributed by atoms with van der Waals surface area (Å²) in [4.78, 5) is 18.1. The van der Waals surface area contributed by atoms with Crippen LogP contribution in [0.25, 0.3) is 23.3 Å². The Hall–Kier alpha value is -3.24. The molecule has 0 aliphatic carbocycles. The zero-order chi connectivity index (χ0) is 21.6. The summed E-state index contributed by atoms with van der Waals surface area (Å²) < 4.78 is 0. The molecule has 1 saturated heterocycles. The van der Waals surface area contributed by atoms with Crippen LogP contribution < -0.4 is 0 Å². The molecule has 4 rings (SSSR count). The number of piperidine rings is 1. The van der Waals surface area contributed by atoms with Crippen LogP contribution in [0.2, 0.25) is 0 Å². The van der Waals surface area contributed by atoms with Crippen LogP contribution in [0.1, 0.15) is 41.6 Å².